The van der Waals surface area contributed by atoms with Crippen molar-refractivity contribution in [2.24, 2.45) is 0 Å². The Morgan fingerprint density at radius 2 is 1.00 bits per heavy atom. The zero-order chi connectivity index (χ0) is 25.9. The third kappa shape index (κ3) is 7.09. The Bertz CT molecular complexity index is 1120. The second kappa shape index (κ2) is 14.2. The first-order valence-corrected chi connectivity index (χ1v) is 22.6. The Balaban J connectivity index is 1.64. The van der Waals surface area contributed by atoms with Gasteiger partial charge in [0.15, 0.2) is 0 Å². The monoisotopic (exact) mass is 617 g/mol. The summed E-state index contributed by atoms with van der Waals surface area (Å²) in [5, 5.41) is 0. The summed E-state index contributed by atoms with van der Waals surface area (Å²) in [5.41, 5.74) is 4.91. The molecule has 3 heteroatoms. The molecule has 0 amide bonds. The summed E-state index contributed by atoms with van der Waals surface area (Å²) in [6.07, 6.45) is 8.24. The minimum atomic E-state index is -2.38. The maximum absolute atomic E-state index is 2.55. The summed E-state index contributed by atoms with van der Waals surface area (Å²) in [6, 6.07) is 35.5. The van der Waals surface area contributed by atoms with Gasteiger partial charge >= 0.3 is 235 Å². The number of anilines is 3. The topological polar surface area (TPSA) is 3.24 Å². The fourth-order valence-corrected chi connectivity index (χ4v) is 25.6. The first-order valence-electron chi connectivity index (χ1n) is 14.3. The molecule has 4 aromatic rings. The number of para-hydroxylation sites is 2. The van der Waals surface area contributed by atoms with Crippen molar-refractivity contribution >= 4 is 49.7 Å². The van der Waals surface area contributed by atoms with Gasteiger partial charge in [0.2, 0.25) is 0 Å². The van der Waals surface area contributed by atoms with E-state index in [0.717, 1.165) is 0 Å². The van der Waals surface area contributed by atoms with Crippen LogP contribution in [0.4, 0.5) is 17.1 Å². The molecule has 0 atom stereocenters. The molecule has 1 heterocycles. The first-order chi connectivity index (χ1) is 18.2. The summed E-state index contributed by atoms with van der Waals surface area (Å²) < 4.78 is 6.42. The second-order valence-electron chi connectivity index (χ2n) is 10.3. The van der Waals surface area contributed by atoms with Crippen LogP contribution in [0, 0.1) is 0 Å². The van der Waals surface area contributed by atoms with E-state index < -0.39 is 18.4 Å². The number of rotatable bonds is 14. The SMILES string of the molecule is CCC[CH2][Sn]([CH2]CCC)([CH2]CCC)[c]1ccc(-c2ccc(N(c3ccccc3)c3ccccc3)cc2)s1. The van der Waals surface area contributed by atoms with Gasteiger partial charge in [-0.15, -0.1) is 0 Å². The van der Waals surface area contributed by atoms with E-state index in [9.17, 15) is 0 Å². The predicted molar refractivity (Wildman–Crippen MR) is 169 cm³/mol. The molecule has 0 N–H and O–H groups in total. The van der Waals surface area contributed by atoms with Gasteiger partial charge in [-0.1, -0.05) is 0 Å². The third-order valence-electron chi connectivity index (χ3n) is 7.59. The summed E-state index contributed by atoms with van der Waals surface area (Å²) in [6.45, 7) is 7.10. The summed E-state index contributed by atoms with van der Waals surface area (Å²) in [4.78, 5) is 3.78. The molecular formula is C34H43NSSn. The van der Waals surface area contributed by atoms with Gasteiger partial charge < -0.3 is 0 Å². The van der Waals surface area contributed by atoms with E-state index in [1.807, 2.05) is 2.89 Å². The number of benzene rings is 3. The van der Waals surface area contributed by atoms with E-state index in [1.165, 1.54) is 79.3 Å². The number of thiophene rings is 1. The molecule has 0 aliphatic carbocycles. The fourth-order valence-electron chi connectivity index (χ4n) is 5.44. The molecule has 3 aromatic carbocycles. The van der Waals surface area contributed by atoms with E-state index >= 15 is 0 Å². The molecule has 0 spiro atoms. The van der Waals surface area contributed by atoms with Crippen LogP contribution in [0.5, 0.6) is 0 Å². The zero-order valence-electron chi connectivity index (χ0n) is 23.0. The molecule has 4 rings (SSSR count). The molecule has 0 aliphatic heterocycles. The van der Waals surface area contributed by atoms with Gasteiger partial charge in [-0.3, -0.25) is 0 Å². The molecule has 0 fully saturated rings. The van der Waals surface area contributed by atoms with Crippen molar-refractivity contribution in [1.29, 1.82) is 0 Å². The molecular weight excluding hydrogens is 573 g/mol. The molecule has 1 nitrogen and oxygen atoms in total. The van der Waals surface area contributed by atoms with Crippen molar-refractivity contribution in [1.82, 2.24) is 0 Å². The average molecular weight is 617 g/mol. The van der Waals surface area contributed by atoms with E-state index in [0.29, 0.717) is 0 Å². The van der Waals surface area contributed by atoms with Crippen LogP contribution >= 0.6 is 11.3 Å². The van der Waals surface area contributed by atoms with Crippen LogP contribution in [0.1, 0.15) is 59.3 Å². The van der Waals surface area contributed by atoms with Crippen molar-refractivity contribution in [3.05, 3.63) is 97.1 Å². The molecule has 0 unspecified atom stereocenters. The van der Waals surface area contributed by atoms with Crippen molar-refractivity contribution in [2.45, 2.75) is 72.6 Å². The van der Waals surface area contributed by atoms with Crippen LogP contribution in [0.15, 0.2) is 97.1 Å². The maximum atomic E-state index is 2.55. The van der Waals surface area contributed by atoms with Crippen LogP contribution in [0.25, 0.3) is 10.4 Å². The molecule has 0 bridgehead atoms. The van der Waals surface area contributed by atoms with Crippen LogP contribution in [-0.2, 0) is 0 Å². The van der Waals surface area contributed by atoms with Crippen molar-refractivity contribution < 1.29 is 0 Å². The van der Waals surface area contributed by atoms with Gasteiger partial charge in [-0.05, 0) is 0 Å². The molecule has 194 valence electrons. The average Bonchev–Trinajstić information content (AvgIpc) is 3.46. The Labute approximate surface area is 233 Å². The Hall–Kier alpha value is -2.04. The summed E-state index contributed by atoms with van der Waals surface area (Å²) in [5.74, 6) is 0. The van der Waals surface area contributed by atoms with Crippen LogP contribution in [0.2, 0.25) is 13.3 Å². The van der Waals surface area contributed by atoms with Gasteiger partial charge in [0, 0.05) is 0 Å². The fraction of sp³-hybridized carbons (Fsp3) is 0.353. The number of nitrogens with zero attached hydrogens (tertiary/aromatic N) is 1. The molecule has 1 aromatic heterocycles. The summed E-state index contributed by atoms with van der Waals surface area (Å²) in [7, 11) is 0. The number of hydrogen-bond donors (Lipinski definition) is 0. The minimum absolute atomic E-state index is 1.18. The van der Waals surface area contributed by atoms with Gasteiger partial charge in [0.1, 0.15) is 0 Å². The molecule has 0 saturated heterocycles. The second-order valence-corrected chi connectivity index (χ2v) is 25.6. The summed E-state index contributed by atoms with van der Waals surface area (Å²) >= 11 is -0.245. The standard InChI is InChI=1S/C22H16NS.3C4H9.Sn/c1-3-8-19(9-4-1)23(20-10-5-2-6-11-20)21-15-13-18(14-16-21)22-12-7-17-24-22;3*1-3-4-2;/h1-16H;3*1,3-4H2,2H3;. The van der Waals surface area contributed by atoms with E-state index in [-0.39, 0.29) is 0 Å². The van der Waals surface area contributed by atoms with Crippen molar-refractivity contribution in [3.8, 4) is 10.4 Å². The van der Waals surface area contributed by atoms with E-state index in [4.69, 9.17) is 0 Å². The van der Waals surface area contributed by atoms with Crippen LogP contribution in [0.3, 0.4) is 0 Å². The Morgan fingerprint density at radius 3 is 1.46 bits per heavy atom. The first kappa shape index (κ1) is 28.0. The van der Waals surface area contributed by atoms with Gasteiger partial charge in [0.25, 0.3) is 0 Å². The van der Waals surface area contributed by atoms with Crippen molar-refractivity contribution in [3.63, 3.8) is 0 Å². The number of unbranched alkanes of at least 4 members (excludes halogenated alkanes) is 3. The number of hydrogen-bond acceptors (Lipinski definition) is 2. The van der Waals surface area contributed by atoms with Crippen LogP contribution < -0.4 is 7.79 Å². The van der Waals surface area contributed by atoms with E-state index in [2.05, 4.69) is 134 Å². The molecule has 0 aliphatic rings. The van der Waals surface area contributed by atoms with Gasteiger partial charge in [0.05, 0.1) is 0 Å². The van der Waals surface area contributed by atoms with E-state index in [1.54, 1.807) is 0 Å². The molecule has 37 heavy (non-hydrogen) atoms. The van der Waals surface area contributed by atoms with Crippen molar-refractivity contribution in [2.75, 3.05) is 4.90 Å². The third-order valence-corrected chi connectivity index (χ3v) is 27.0. The predicted octanol–water partition coefficient (Wildman–Crippen LogP) is 10.9. The normalized spacial score (nSPS) is 11.5. The molecule has 0 saturated carbocycles. The van der Waals surface area contributed by atoms with Gasteiger partial charge in [-0.25, -0.2) is 0 Å². The quantitative estimate of drug-likeness (QED) is 0.127. The zero-order valence-corrected chi connectivity index (χ0v) is 26.6. The van der Waals surface area contributed by atoms with Gasteiger partial charge in [-0.2, -0.15) is 0 Å². The molecule has 0 radical (unpaired) electrons. The Morgan fingerprint density at radius 1 is 0.541 bits per heavy atom. The Kier molecular flexibility index (Phi) is 10.7. The van der Waals surface area contributed by atoms with Crippen LogP contribution in [-0.4, -0.2) is 18.4 Å².